The van der Waals surface area contributed by atoms with Crippen molar-refractivity contribution in [2.45, 2.75) is 6.92 Å². The molecule has 0 radical (unpaired) electrons. The van der Waals surface area contributed by atoms with Crippen molar-refractivity contribution in [2.75, 3.05) is 0 Å². The third kappa shape index (κ3) is 2.62. The first kappa shape index (κ1) is 11.2. The standard InChI is InChI=1S/C16H13N/c1-13(14-7-3-2-4-8-14)11-15-9-5-6-10-16(15)12-17/h2-11H,1H3/b13-11+. The Kier molecular flexibility index (Phi) is 3.37. The molecule has 0 N–H and O–H groups in total. The Bertz CT molecular complexity index is 574. The quantitative estimate of drug-likeness (QED) is 0.697. The third-order valence-corrected chi connectivity index (χ3v) is 2.68. The highest BCUT2D eigenvalue weighted by Gasteiger charge is 1.99. The molecular weight excluding hydrogens is 206 g/mol. The molecule has 17 heavy (non-hydrogen) atoms. The zero-order valence-corrected chi connectivity index (χ0v) is 9.72. The topological polar surface area (TPSA) is 23.8 Å². The van der Waals surface area contributed by atoms with E-state index in [0.717, 1.165) is 11.1 Å². The van der Waals surface area contributed by atoms with Crippen molar-refractivity contribution in [3.63, 3.8) is 0 Å². The minimum atomic E-state index is 0.711. The van der Waals surface area contributed by atoms with Gasteiger partial charge in [0, 0.05) is 0 Å². The molecule has 0 atom stereocenters. The maximum Gasteiger partial charge on any atom is 0.0997 e. The van der Waals surface area contributed by atoms with Crippen LogP contribution in [0.2, 0.25) is 0 Å². The Morgan fingerprint density at radius 2 is 1.65 bits per heavy atom. The molecule has 2 aromatic carbocycles. The lowest BCUT2D eigenvalue weighted by Gasteiger charge is -2.02. The van der Waals surface area contributed by atoms with Crippen molar-refractivity contribution < 1.29 is 0 Å². The monoisotopic (exact) mass is 219 g/mol. The molecular formula is C16H13N. The highest BCUT2D eigenvalue weighted by molar-refractivity contribution is 5.81. The average molecular weight is 219 g/mol. The van der Waals surface area contributed by atoms with E-state index in [9.17, 15) is 0 Å². The van der Waals surface area contributed by atoms with Gasteiger partial charge in [-0.05, 0) is 29.7 Å². The van der Waals surface area contributed by atoms with Crippen LogP contribution in [0.5, 0.6) is 0 Å². The summed E-state index contributed by atoms with van der Waals surface area (Å²) >= 11 is 0. The largest absolute Gasteiger partial charge is 0.192 e. The summed E-state index contributed by atoms with van der Waals surface area (Å²) in [5.74, 6) is 0. The molecule has 0 amide bonds. The first-order chi connectivity index (χ1) is 8.31. The van der Waals surface area contributed by atoms with Gasteiger partial charge in [-0.25, -0.2) is 0 Å². The van der Waals surface area contributed by atoms with Crippen LogP contribution in [0.4, 0.5) is 0 Å². The molecule has 82 valence electrons. The molecule has 0 heterocycles. The zero-order valence-electron chi connectivity index (χ0n) is 9.72. The van der Waals surface area contributed by atoms with Gasteiger partial charge in [-0.15, -0.1) is 0 Å². The van der Waals surface area contributed by atoms with Gasteiger partial charge in [-0.1, -0.05) is 54.6 Å². The highest BCUT2D eigenvalue weighted by Crippen LogP contribution is 2.19. The lowest BCUT2D eigenvalue weighted by molar-refractivity contribution is 1.47. The van der Waals surface area contributed by atoms with Gasteiger partial charge in [0.05, 0.1) is 11.6 Å². The number of allylic oxidation sites excluding steroid dienone is 1. The van der Waals surface area contributed by atoms with E-state index in [4.69, 9.17) is 5.26 Å². The smallest absolute Gasteiger partial charge is 0.0997 e. The summed E-state index contributed by atoms with van der Waals surface area (Å²) in [6, 6.07) is 20.0. The van der Waals surface area contributed by atoms with Gasteiger partial charge in [0.15, 0.2) is 0 Å². The highest BCUT2D eigenvalue weighted by atomic mass is 14.2. The van der Waals surface area contributed by atoms with Crippen molar-refractivity contribution in [3.05, 3.63) is 71.3 Å². The molecule has 0 aliphatic heterocycles. The number of hydrogen-bond acceptors (Lipinski definition) is 1. The van der Waals surface area contributed by atoms with Crippen molar-refractivity contribution >= 4 is 11.6 Å². The molecule has 0 spiro atoms. The van der Waals surface area contributed by atoms with Crippen LogP contribution in [0.25, 0.3) is 11.6 Å². The van der Waals surface area contributed by atoms with E-state index in [-0.39, 0.29) is 0 Å². The zero-order chi connectivity index (χ0) is 12.1. The molecule has 0 bridgehead atoms. The maximum absolute atomic E-state index is 9.02. The lowest BCUT2D eigenvalue weighted by Crippen LogP contribution is -1.83. The van der Waals surface area contributed by atoms with Gasteiger partial charge in [0.1, 0.15) is 0 Å². The number of rotatable bonds is 2. The summed E-state index contributed by atoms with van der Waals surface area (Å²) in [5.41, 5.74) is 4.02. The maximum atomic E-state index is 9.02. The normalized spacial score (nSPS) is 10.9. The molecule has 0 unspecified atom stereocenters. The second-order valence-electron chi connectivity index (χ2n) is 3.89. The summed E-state index contributed by atoms with van der Waals surface area (Å²) < 4.78 is 0. The fourth-order valence-corrected chi connectivity index (χ4v) is 1.74. The van der Waals surface area contributed by atoms with E-state index in [0.29, 0.717) is 5.56 Å². The van der Waals surface area contributed by atoms with Crippen LogP contribution in [-0.2, 0) is 0 Å². The Morgan fingerprint density at radius 3 is 2.35 bits per heavy atom. The van der Waals surface area contributed by atoms with E-state index in [1.54, 1.807) is 0 Å². The molecule has 0 aliphatic carbocycles. The van der Waals surface area contributed by atoms with Crippen LogP contribution >= 0.6 is 0 Å². The molecule has 1 heteroatoms. The lowest BCUT2D eigenvalue weighted by atomic mass is 10.0. The van der Waals surface area contributed by atoms with E-state index < -0.39 is 0 Å². The fourth-order valence-electron chi connectivity index (χ4n) is 1.74. The van der Waals surface area contributed by atoms with Gasteiger partial charge in [0.25, 0.3) is 0 Å². The number of nitrogens with zero attached hydrogens (tertiary/aromatic N) is 1. The molecule has 0 aromatic heterocycles. The molecule has 2 rings (SSSR count). The van der Waals surface area contributed by atoms with Gasteiger partial charge in [-0.2, -0.15) is 5.26 Å². The van der Waals surface area contributed by atoms with Crippen molar-refractivity contribution in [2.24, 2.45) is 0 Å². The average Bonchev–Trinajstić information content (AvgIpc) is 2.40. The van der Waals surface area contributed by atoms with E-state index in [1.165, 1.54) is 5.56 Å². The van der Waals surface area contributed by atoms with E-state index in [2.05, 4.69) is 25.1 Å². The summed E-state index contributed by atoms with van der Waals surface area (Å²) in [4.78, 5) is 0. The Labute approximate surface area is 102 Å². The molecule has 0 fully saturated rings. The van der Waals surface area contributed by atoms with E-state index in [1.807, 2.05) is 48.5 Å². The second-order valence-corrected chi connectivity index (χ2v) is 3.89. The summed E-state index contributed by atoms with van der Waals surface area (Å²) in [6.07, 6.45) is 2.05. The van der Waals surface area contributed by atoms with Gasteiger partial charge >= 0.3 is 0 Å². The first-order valence-electron chi connectivity index (χ1n) is 5.54. The number of hydrogen-bond donors (Lipinski definition) is 0. The molecule has 1 nitrogen and oxygen atoms in total. The van der Waals surface area contributed by atoms with Crippen LogP contribution < -0.4 is 0 Å². The SMILES string of the molecule is C/C(=C\c1ccccc1C#N)c1ccccc1. The van der Waals surface area contributed by atoms with Crippen molar-refractivity contribution in [3.8, 4) is 6.07 Å². The third-order valence-electron chi connectivity index (χ3n) is 2.68. The molecule has 0 aliphatic rings. The van der Waals surface area contributed by atoms with Gasteiger partial charge in [-0.3, -0.25) is 0 Å². The van der Waals surface area contributed by atoms with Gasteiger partial charge < -0.3 is 0 Å². The summed E-state index contributed by atoms with van der Waals surface area (Å²) in [5, 5.41) is 9.02. The molecule has 2 aromatic rings. The van der Waals surface area contributed by atoms with E-state index >= 15 is 0 Å². The predicted molar refractivity (Wildman–Crippen MR) is 71.1 cm³/mol. The van der Waals surface area contributed by atoms with Crippen LogP contribution in [0.1, 0.15) is 23.6 Å². The summed E-state index contributed by atoms with van der Waals surface area (Å²) in [6.45, 7) is 2.06. The fraction of sp³-hybridized carbons (Fsp3) is 0.0625. The van der Waals surface area contributed by atoms with Crippen LogP contribution in [0, 0.1) is 11.3 Å². The minimum Gasteiger partial charge on any atom is -0.192 e. The molecule has 0 saturated heterocycles. The molecule has 0 saturated carbocycles. The van der Waals surface area contributed by atoms with Gasteiger partial charge in [0.2, 0.25) is 0 Å². The van der Waals surface area contributed by atoms with Crippen LogP contribution in [-0.4, -0.2) is 0 Å². The van der Waals surface area contributed by atoms with Crippen molar-refractivity contribution in [1.82, 2.24) is 0 Å². The predicted octanol–water partition coefficient (Wildman–Crippen LogP) is 4.12. The second kappa shape index (κ2) is 5.14. The number of benzene rings is 2. The Morgan fingerprint density at radius 1 is 1.00 bits per heavy atom. The summed E-state index contributed by atoms with van der Waals surface area (Å²) in [7, 11) is 0. The first-order valence-corrected chi connectivity index (χ1v) is 5.54. The number of nitriles is 1. The van der Waals surface area contributed by atoms with Crippen LogP contribution in [0.15, 0.2) is 54.6 Å². The Hall–Kier alpha value is -2.33. The minimum absolute atomic E-state index is 0.711. The van der Waals surface area contributed by atoms with Crippen molar-refractivity contribution in [1.29, 1.82) is 5.26 Å². The van der Waals surface area contributed by atoms with Crippen LogP contribution in [0.3, 0.4) is 0 Å². The Balaban J connectivity index is 2.41.